The van der Waals surface area contributed by atoms with Crippen LogP contribution in [0.25, 0.3) is 79.5 Å². The zero-order valence-corrected chi connectivity index (χ0v) is 32.8. The molecule has 0 N–H and O–H groups in total. The monoisotopic (exact) mass is 746 g/mol. The first kappa shape index (κ1) is 37.0. The highest BCUT2D eigenvalue weighted by Gasteiger charge is 2.19. The number of aromatic nitrogens is 10. The van der Waals surface area contributed by atoms with E-state index in [1.165, 1.54) is 0 Å². The SMILES string of the molecule is CC(C)c1nc(-c2ccccc2)nc(-c2cc(-c3ccncc3)cc(-c3nc(-c4ccccc4)nc(-c4cccc(-c5nc(C(C)C)nc(C(C)C)n5)c4)n3)c2)n1. The summed E-state index contributed by atoms with van der Waals surface area (Å²) in [6.45, 7) is 12.6. The fourth-order valence-electron chi connectivity index (χ4n) is 6.30. The number of pyridine rings is 1. The van der Waals surface area contributed by atoms with Gasteiger partial charge >= 0.3 is 0 Å². The molecular weight excluding hydrogens is 705 g/mol. The lowest BCUT2D eigenvalue weighted by molar-refractivity contribution is 0.697. The van der Waals surface area contributed by atoms with E-state index in [1.807, 2.05) is 97.1 Å². The Hall–Kier alpha value is -6.94. The highest BCUT2D eigenvalue weighted by molar-refractivity contribution is 5.79. The molecule has 0 spiro atoms. The van der Waals surface area contributed by atoms with Gasteiger partial charge in [0.15, 0.2) is 34.9 Å². The second-order valence-electron chi connectivity index (χ2n) is 14.8. The highest BCUT2D eigenvalue weighted by atomic mass is 15.1. The topological polar surface area (TPSA) is 129 Å². The Bertz CT molecular complexity index is 2640. The smallest absolute Gasteiger partial charge is 0.164 e. The maximum atomic E-state index is 5.17. The summed E-state index contributed by atoms with van der Waals surface area (Å²) in [6.07, 6.45) is 3.58. The van der Waals surface area contributed by atoms with Crippen LogP contribution in [0.5, 0.6) is 0 Å². The fourth-order valence-corrected chi connectivity index (χ4v) is 6.30. The molecule has 4 aromatic carbocycles. The normalized spacial score (nSPS) is 11.5. The van der Waals surface area contributed by atoms with Crippen molar-refractivity contribution in [3.8, 4) is 79.5 Å². The molecule has 8 aromatic rings. The first-order chi connectivity index (χ1) is 27.7. The molecular formula is C47H42N10. The van der Waals surface area contributed by atoms with Gasteiger partial charge in [-0.3, -0.25) is 4.98 Å². The largest absolute Gasteiger partial charge is 0.265 e. The maximum Gasteiger partial charge on any atom is 0.164 e. The van der Waals surface area contributed by atoms with Crippen LogP contribution >= 0.6 is 0 Å². The van der Waals surface area contributed by atoms with Crippen LogP contribution < -0.4 is 0 Å². The molecule has 0 bridgehead atoms. The number of rotatable bonds is 10. The molecule has 0 aliphatic heterocycles. The summed E-state index contributed by atoms with van der Waals surface area (Å²) in [4.78, 5) is 49.0. The summed E-state index contributed by atoms with van der Waals surface area (Å²) >= 11 is 0. The van der Waals surface area contributed by atoms with Gasteiger partial charge in [-0.25, -0.2) is 44.9 Å². The predicted molar refractivity (Wildman–Crippen MR) is 225 cm³/mol. The third-order valence-electron chi connectivity index (χ3n) is 9.41. The maximum absolute atomic E-state index is 5.17. The van der Waals surface area contributed by atoms with E-state index in [0.717, 1.165) is 56.2 Å². The molecule has 10 heteroatoms. The van der Waals surface area contributed by atoms with Gasteiger partial charge in [-0.1, -0.05) is 120 Å². The average molecular weight is 747 g/mol. The third kappa shape index (κ3) is 8.21. The molecule has 0 unspecified atom stereocenters. The predicted octanol–water partition coefficient (Wildman–Crippen LogP) is 10.7. The first-order valence-electron chi connectivity index (χ1n) is 19.2. The van der Waals surface area contributed by atoms with Crippen molar-refractivity contribution < 1.29 is 0 Å². The second-order valence-corrected chi connectivity index (χ2v) is 14.8. The molecule has 8 rings (SSSR count). The Labute approximate surface area is 332 Å². The second kappa shape index (κ2) is 16.0. The average Bonchev–Trinajstić information content (AvgIpc) is 3.26. The van der Waals surface area contributed by atoms with E-state index in [0.29, 0.717) is 40.8 Å². The number of nitrogens with zero attached hydrogens (tertiary/aromatic N) is 10. The molecule has 0 aliphatic rings. The van der Waals surface area contributed by atoms with Crippen molar-refractivity contribution in [2.45, 2.75) is 59.3 Å². The van der Waals surface area contributed by atoms with Gasteiger partial charge in [-0.15, -0.1) is 0 Å². The molecule has 4 aromatic heterocycles. The Morgan fingerprint density at radius 1 is 0.281 bits per heavy atom. The first-order valence-corrected chi connectivity index (χ1v) is 19.2. The minimum atomic E-state index is 0.0822. The van der Waals surface area contributed by atoms with Crippen molar-refractivity contribution in [2.24, 2.45) is 0 Å². The number of benzene rings is 4. The lowest BCUT2D eigenvalue weighted by atomic mass is 9.99. The van der Waals surface area contributed by atoms with Gasteiger partial charge in [0.2, 0.25) is 0 Å². The van der Waals surface area contributed by atoms with Crippen LogP contribution in [-0.4, -0.2) is 49.8 Å². The van der Waals surface area contributed by atoms with Crippen LogP contribution in [0.4, 0.5) is 0 Å². The van der Waals surface area contributed by atoms with Crippen molar-refractivity contribution in [1.29, 1.82) is 0 Å². The Kier molecular flexibility index (Phi) is 10.4. The van der Waals surface area contributed by atoms with E-state index < -0.39 is 0 Å². The lowest BCUT2D eigenvalue weighted by Crippen LogP contribution is -2.08. The summed E-state index contributed by atoms with van der Waals surface area (Å²) < 4.78 is 0. The van der Waals surface area contributed by atoms with E-state index in [1.54, 1.807) is 12.4 Å². The molecule has 4 heterocycles. The van der Waals surface area contributed by atoms with Gasteiger partial charge in [0.1, 0.15) is 17.5 Å². The molecule has 57 heavy (non-hydrogen) atoms. The molecule has 0 amide bonds. The zero-order valence-electron chi connectivity index (χ0n) is 32.8. The Morgan fingerprint density at radius 2 is 0.614 bits per heavy atom. The summed E-state index contributed by atoms with van der Waals surface area (Å²) in [6, 6.07) is 38.2. The summed E-state index contributed by atoms with van der Waals surface area (Å²) in [7, 11) is 0. The van der Waals surface area contributed by atoms with Crippen molar-refractivity contribution in [3.63, 3.8) is 0 Å². The number of hydrogen-bond donors (Lipinski definition) is 0. The molecule has 0 saturated carbocycles. The van der Waals surface area contributed by atoms with Crippen LogP contribution in [-0.2, 0) is 0 Å². The molecule has 0 atom stereocenters. The van der Waals surface area contributed by atoms with Gasteiger partial charge < -0.3 is 0 Å². The molecule has 10 nitrogen and oxygen atoms in total. The van der Waals surface area contributed by atoms with Gasteiger partial charge in [0.05, 0.1) is 0 Å². The van der Waals surface area contributed by atoms with Crippen LogP contribution in [0.15, 0.2) is 128 Å². The van der Waals surface area contributed by atoms with Crippen LogP contribution in [0, 0.1) is 0 Å². The van der Waals surface area contributed by atoms with E-state index in [2.05, 4.69) is 64.7 Å². The fraction of sp³-hybridized carbons (Fsp3) is 0.191. The van der Waals surface area contributed by atoms with Crippen LogP contribution in [0.3, 0.4) is 0 Å². The van der Waals surface area contributed by atoms with Crippen molar-refractivity contribution in [1.82, 2.24) is 49.8 Å². The van der Waals surface area contributed by atoms with E-state index in [4.69, 9.17) is 44.9 Å². The molecule has 0 radical (unpaired) electrons. The minimum Gasteiger partial charge on any atom is -0.265 e. The molecule has 0 saturated heterocycles. The molecule has 0 aliphatic carbocycles. The Morgan fingerprint density at radius 3 is 1.09 bits per heavy atom. The highest BCUT2D eigenvalue weighted by Crippen LogP contribution is 2.34. The van der Waals surface area contributed by atoms with Gasteiger partial charge in [-0.05, 0) is 47.5 Å². The number of hydrogen-bond acceptors (Lipinski definition) is 10. The lowest BCUT2D eigenvalue weighted by Gasteiger charge is -2.14. The summed E-state index contributed by atoms with van der Waals surface area (Å²) in [5, 5.41) is 0. The quantitative estimate of drug-likeness (QED) is 0.133. The molecule has 0 fully saturated rings. The summed E-state index contributed by atoms with van der Waals surface area (Å²) in [5.74, 6) is 6.01. The van der Waals surface area contributed by atoms with Gasteiger partial charge in [-0.2, -0.15) is 0 Å². The van der Waals surface area contributed by atoms with Crippen molar-refractivity contribution in [2.75, 3.05) is 0 Å². The van der Waals surface area contributed by atoms with Crippen molar-refractivity contribution in [3.05, 3.63) is 145 Å². The zero-order chi connectivity index (χ0) is 39.5. The van der Waals surface area contributed by atoms with Crippen LogP contribution in [0.1, 0.15) is 76.8 Å². The van der Waals surface area contributed by atoms with Crippen molar-refractivity contribution >= 4 is 0 Å². The van der Waals surface area contributed by atoms with Gasteiger partial charge in [0.25, 0.3) is 0 Å². The minimum absolute atomic E-state index is 0.0822. The summed E-state index contributed by atoms with van der Waals surface area (Å²) in [5.41, 5.74) is 6.97. The van der Waals surface area contributed by atoms with Gasteiger partial charge in [0, 0.05) is 63.5 Å². The molecule has 280 valence electrons. The van der Waals surface area contributed by atoms with Crippen LogP contribution in [0.2, 0.25) is 0 Å². The van der Waals surface area contributed by atoms with E-state index in [9.17, 15) is 0 Å². The van der Waals surface area contributed by atoms with E-state index in [-0.39, 0.29) is 17.8 Å². The third-order valence-corrected chi connectivity index (χ3v) is 9.41. The van der Waals surface area contributed by atoms with E-state index >= 15 is 0 Å². The standard InChI is InChI=1S/C47H42N10/c1-28(2)39-49-40(29(3)4)52-44(51-39)34-18-13-19-35(24-34)45-54-43(33-16-11-8-12-17-33)56-47(57-45)38-26-36(31-20-22-48-23-21-31)25-37(27-38)46-53-41(30(5)6)50-42(55-46)32-14-9-7-10-15-32/h7-30H,1-6H3. The Balaban J connectivity index is 1.32.